The minimum absolute atomic E-state index is 0.355. The third-order valence-electron chi connectivity index (χ3n) is 7.32. The van der Waals surface area contributed by atoms with Gasteiger partial charge in [0, 0.05) is 66.4 Å². The molecule has 0 aliphatic carbocycles. The Hall–Kier alpha value is -3.67. The van der Waals surface area contributed by atoms with Crippen molar-refractivity contribution in [2.75, 3.05) is 49.2 Å². The molecule has 0 fully saturated rings. The SMILES string of the molecule is CCOc1cc(N(CC)CC)ccc1C1(c2ccc(N(CC)CC)cc2OCC)OC(=O)c2ccccc21. The number of benzene rings is 3. The van der Waals surface area contributed by atoms with Crippen molar-refractivity contribution >= 4 is 17.3 Å². The molecule has 1 heterocycles. The van der Waals surface area contributed by atoms with E-state index in [0.717, 1.165) is 54.2 Å². The van der Waals surface area contributed by atoms with Crippen molar-refractivity contribution in [2.24, 2.45) is 0 Å². The first-order valence-corrected chi connectivity index (χ1v) is 13.9. The van der Waals surface area contributed by atoms with Crippen LogP contribution in [0.2, 0.25) is 0 Å². The van der Waals surface area contributed by atoms with Crippen molar-refractivity contribution in [3.05, 3.63) is 82.9 Å². The van der Waals surface area contributed by atoms with Gasteiger partial charge in [0.1, 0.15) is 11.5 Å². The van der Waals surface area contributed by atoms with Gasteiger partial charge in [0.15, 0.2) is 5.60 Å². The quantitative estimate of drug-likeness (QED) is 0.252. The Labute approximate surface area is 227 Å². The fourth-order valence-corrected chi connectivity index (χ4v) is 5.49. The van der Waals surface area contributed by atoms with Crippen LogP contribution in [0.5, 0.6) is 11.5 Å². The summed E-state index contributed by atoms with van der Waals surface area (Å²) < 4.78 is 19.0. The topological polar surface area (TPSA) is 51.2 Å². The summed E-state index contributed by atoms with van der Waals surface area (Å²) in [5.41, 5.74) is 3.83. The van der Waals surface area contributed by atoms with Gasteiger partial charge in [-0.1, -0.05) is 18.2 Å². The van der Waals surface area contributed by atoms with Gasteiger partial charge >= 0.3 is 5.97 Å². The lowest BCUT2D eigenvalue weighted by molar-refractivity contribution is 0.0236. The van der Waals surface area contributed by atoms with Crippen LogP contribution in [0.25, 0.3) is 0 Å². The van der Waals surface area contributed by atoms with Crippen molar-refractivity contribution in [3.8, 4) is 11.5 Å². The molecule has 1 aliphatic heterocycles. The van der Waals surface area contributed by atoms with E-state index >= 15 is 0 Å². The molecule has 1 aliphatic rings. The minimum Gasteiger partial charge on any atom is -0.493 e. The molecule has 0 aromatic heterocycles. The number of rotatable bonds is 12. The molecule has 0 bridgehead atoms. The van der Waals surface area contributed by atoms with Crippen LogP contribution in [0.4, 0.5) is 11.4 Å². The normalized spacial score (nSPS) is 13.6. The van der Waals surface area contributed by atoms with Crippen LogP contribution in [-0.4, -0.2) is 45.4 Å². The molecule has 0 saturated heterocycles. The summed E-state index contributed by atoms with van der Waals surface area (Å²) in [5.74, 6) is 1.03. The van der Waals surface area contributed by atoms with Gasteiger partial charge in [0.05, 0.1) is 18.8 Å². The van der Waals surface area contributed by atoms with Crippen molar-refractivity contribution in [2.45, 2.75) is 47.1 Å². The van der Waals surface area contributed by atoms with E-state index in [1.807, 2.05) is 50.2 Å². The second kappa shape index (κ2) is 11.8. The van der Waals surface area contributed by atoms with Gasteiger partial charge in [-0.15, -0.1) is 0 Å². The van der Waals surface area contributed by atoms with Gasteiger partial charge in [-0.3, -0.25) is 0 Å². The van der Waals surface area contributed by atoms with E-state index in [2.05, 4.69) is 61.8 Å². The molecule has 0 spiro atoms. The average molecular weight is 517 g/mol. The average Bonchev–Trinajstić information content (AvgIpc) is 3.24. The summed E-state index contributed by atoms with van der Waals surface area (Å²) in [5, 5.41) is 0. The molecular formula is C32H40N2O4. The van der Waals surface area contributed by atoms with Gasteiger partial charge in [-0.25, -0.2) is 4.79 Å². The lowest BCUT2D eigenvalue weighted by Crippen LogP contribution is -2.32. The van der Waals surface area contributed by atoms with Gasteiger partial charge in [-0.2, -0.15) is 0 Å². The fourth-order valence-electron chi connectivity index (χ4n) is 5.49. The number of nitrogens with zero attached hydrogens (tertiary/aromatic N) is 2. The van der Waals surface area contributed by atoms with Crippen molar-refractivity contribution < 1.29 is 19.0 Å². The minimum atomic E-state index is -1.22. The maximum Gasteiger partial charge on any atom is 0.340 e. The van der Waals surface area contributed by atoms with E-state index in [-0.39, 0.29) is 5.97 Å². The van der Waals surface area contributed by atoms with Gasteiger partial charge in [0.25, 0.3) is 0 Å². The predicted octanol–water partition coefficient (Wildman–Crippen LogP) is 6.64. The number of carbonyl (C=O) groups excluding carboxylic acids is 1. The first-order chi connectivity index (χ1) is 18.5. The van der Waals surface area contributed by atoms with E-state index in [1.165, 1.54) is 0 Å². The second-order valence-corrected chi connectivity index (χ2v) is 9.19. The lowest BCUT2D eigenvalue weighted by Gasteiger charge is -2.34. The van der Waals surface area contributed by atoms with Crippen molar-refractivity contribution in [1.29, 1.82) is 0 Å². The number of fused-ring (bicyclic) bond motifs is 1. The Morgan fingerprint density at radius 3 is 1.58 bits per heavy atom. The fraction of sp³-hybridized carbons (Fsp3) is 0.406. The predicted molar refractivity (Wildman–Crippen MR) is 154 cm³/mol. The van der Waals surface area contributed by atoms with Crippen LogP contribution < -0.4 is 19.3 Å². The number of esters is 1. The molecule has 0 amide bonds. The number of cyclic esters (lactones) is 1. The van der Waals surface area contributed by atoms with Crippen molar-refractivity contribution in [3.63, 3.8) is 0 Å². The standard InChI is InChI=1S/C32H40N2O4/c1-7-33(8-2)23-17-19-27(29(21-23)36-11-5)32(26-16-14-13-15-25(26)31(35)38-32)28-20-18-24(34(9-3)10-4)22-30(28)37-12-6/h13-22H,7-12H2,1-6H3. The second-order valence-electron chi connectivity index (χ2n) is 9.19. The number of hydrogen-bond donors (Lipinski definition) is 0. The van der Waals surface area contributed by atoms with Crippen molar-refractivity contribution in [1.82, 2.24) is 0 Å². The summed E-state index contributed by atoms with van der Waals surface area (Å²) in [6, 6.07) is 20.0. The van der Waals surface area contributed by atoms with E-state index in [1.54, 1.807) is 0 Å². The number of anilines is 2. The molecule has 202 valence electrons. The Balaban J connectivity index is 2.04. The molecule has 0 saturated carbocycles. The van der Waals surface area contributed by atoms with Crippen LogP contribution in [0.15, 0.2) is 60.7 Å². The van der Waals surface area contributed by atoms with Crippen LogP contribution in [0.1, 0.15) is 68.6 Å². The number of ether oxygens (including phenoxy) is 3. The summed E-state index contributed by atoms with van der Waals surface area (Å²) in [6.07, 6.45) is 0. The summed E-state index contributed by atoms with van der Waals surface area (Å²) in [4.78, 5) is 17.9. The highest BCUT2D eigenvalue weighted by Gasteiger charge is 2.51. The molecule has 38 heavy (non-hydrogen) atoms. The smallest absolute Gasteiger partial charge is 0.340 e. The molecule has 0 unspecified atom stereocenters. The molecule has 0 N–H and O–H groups in total. The zero-order valence-corrected chi connectivity index (χ0v) is 23.5. The largest absolute Gasteiger partial charge is 0.493 e. The van der Waals surface area contributed by atoms with Crippen LogP contribution >= 0.6 is 0 Å². The highest BCUT2D eigenvalue weighted by Crippen LogP contribution is 2.53. The summed E-state index contributed by atoms with van der Waals surface area (Å²) >= 11 is 0. The summed E-state index contributed by atoms with van der Waals surface area (Å²) in [6.45, 7) is 17.0. The van der Waals surface area contributed by atoms with Gasteiger partial charge in [0.2, 0.25) is 0 Å². The Kier molecular flexibility index (Phi) is 8.50. The molecule has 6 nitrogen and oxygen atoms in total. The van der Waals surface area contributed by atoms with Gasteiger partial charge < -0.3 is 24.0 Å². The summed E-state index contributed by atoms with van der Waals surface area (Å²) in [7, 11) is 0. The molecular weight excluding hydrogens is 476 g/mol. The maximum atomic E-state index is 13.4. The Morgan fingerprint density at radius 2 is 1.13 bits per heavy atom. The lowest BCUT2D eigenvalue weighted by atomic mass is 9.78. The van der Waals surface area contributed by atoms with Crippen LogP contribution in [-0.2, 0) is 10.3 Å². The zero-order valence-electron chi connectivity index (χ0n) is 23.5. The monoisotopic (exact) mass is 516 g/mol. The number of hydrogen-bond acceptors (Lipinski definition) is 6. The molecule has 6 heteroatoms. The highest BCUT2D eigenvalue weighted by atomic mass is 16.6. The Morgan fingerprint density at radius 1 is 0.658 bits per heavy atom. The van der Waals surface area contributed by atoms with Crippen LogP contribution in [0, 0.1) is 0 Å². The maximum absolute atomic E-state index is 13.4. The van der Waals surface area contributed by atoms with E-state index in [9.17, 15) is 4.79 Å². The third-order valence-corrected chi connectivity index (χ3v) is 7.32. The van der Waals surface area contributed by atoms with Crippen LogP contribution in [0.3, 0.4) is 0 Å². The van der Waals surface area contributed by atoms with E-state index in [4.69, 9.17) is 14.2 Å². The highest BCUT2D eigenvalue weighted by molar-refractivity contribution is 5.96. The zero-order chi connectivity index (χ0) is 27.3. The van der Waals surface area contributed by atoms with Gasteiger partial charge in [-0.05, 0) is 71.9 Å². The third kappa shape index (κ3) is 4.68. The first-order valence-electron chi connectivity index (χ1n) is 13.9. The molecule has 0 radical (unpaired) electrons. The van der Waals surface area contributed by atoms with E-state index < -0.39 is 5.60 Å². The molecule has 3 aromatic rings. The molecule has 0 atom stereocenters. The van der Waals surface area contributed by atoms with E-state index in [0.29, 0.717) is 30.3 Å². The first kappa shape index (κ1) is 27.4. The molecule has 4 rings (SSSR count). The Bertz CT molecular complexity index is 1200. The molecule has 3 aromatic carbocycles. The number of carbonyl (C=O) groups is 1.